The fraction of sp³-hybridized carbons (Fsp3) is 0.227. The van der Waals surface area contributed by atoms with Crippen LogP contribution in [-0.2, 0) is 6.42 Å². The second kappa shape index (κ2) is 9.16. The van der Waals surface area contributed by atoms with Crippen LogP contribution in [0.4, 0.5) is 5.82 Å². The van der Waals surface area contributed by atoms with Gasteiger partial charge in [-0.1, -0.05) is 25.1 Å². The number of likely N-dealkylation sites (N-methyl/N-ethyl adjacent to an activating group) is 1. The van der Waals surface area contributed by atoms with Crippen molar-refractivity contribution in [3.63, 3.8) is 0 Å². The number of hydrogen-bond donors (Lipinski definition) is 4. The third-order valence-electron chi connectivity index (χ3n) is 4.69. The number of hydrogen-bond acceptors (Lipinski definition) is 6. The molecule has 7 nitrogen and oxygen atoms in total. The molecule has 150 valence electrons. The highest BCUT2D eigenvalue weighted by atomic mass is 16.3. The number of carbonyl (C=O) groups is 1. The Morgan fingerprint density at radius 3 is 2.38 bits per heavy atom. The number of aromatic hydroxyl groups is 1. The molecule has 0 aliphatic rings. The number of carbonyl (C=O) groups excluding carboxylic acids is 1. The van der Waals surface area contributed by atoms with E-state index in [9.17, 15) is 9.90 Å². The Balaban J connectivity index is 1.96. The molecule has 3 aromatic rings. The fourth-order valence-corrected chi connectivity index (χ4v) is 3.21. The number of phenols is 1. The summed E-state index contributed by atoms with van der Waals surface area (Å²) in [6.45, 7) is 3.29. The van der Waals surface area contributed by atoms with Crippen LogP contribution in [0.3, 0.4) is 0 Å². The summed E-state index contributed by atoms with van der Waals surface area (Å²) in [7, 11) is 1.83. The van der Waals surface area contributed by atoms with Gasteiger partial charge in [0.05, 0.1) is 0 Å². The molecule has 0 unspecified atom stereocenters. The van der Waals surface area contributed by atoms with Crippen molar-refractivity contribution < 1.29 is 9.90 Å². The lowest BCUT2D eigenvalue weighted by molar-refractivity contribution is 0.0949. The van der Waals surface area contributed by atoms with Crippen LogP contribution in [0.15, 0.2) is 48.8 Å². The van der Waals surface area contributed by atoms with Gasteiger partial charge in [0.1, 0.15) is 17.3 Å². The van der Waals surface area contributed by atoms with Crippen molar-refractivity contribution in [1.29, 1.82) is 0 Å². The molecule has 0 spiro atoms. The van der Waals surface area contributed by atoms with Crippen LogP contribution in [-0.4, -0.2) is 41.1 Å². The van der Waals surface area contributed by atoms with E-state index in [0.29, 0.717) is 24.6 Å². The van der Waals surface area contributed by atoms with Gasteiger partial charge in [0.2, 0.25) is 0 Å². The molecule has 5 N–H and O–H groups in total. The topological polar surface area (TPSA) is 113 Å². The molecule has 0 bridgehead atoms. The summed E-state index contributed by atoms with van der Waals surface area (Å²) in [5.74, 6) is 0.426. The number of aromatic nitrogens is 2. The van der Waals surface area contributed by atoms with Gasteiger partial charge >= 0.3 is 0 Å². The Labute approximate surface area is 170 Å². The first-order valence-electron chi connectivity index (χ1n) is 9.51. The first kappa shape index (κ1) is 20.3. The van der Waals surface area contributed by atoms with Crippen LogP contribution < -0.4 is 16.4 Å². The van der Waals surface area contributed by atoms with E-state index in [1.165, 1.54) is 0 Å². The van der Waals surface area contributed by atoms with Gasteiger partial charge in [0, 0.05) is 42.2 Å². The standard InChI is InChI=1S/C22H25N5O2/c1-3-17-18(13-27-21(23)20(17)14-4-7-16(28)8-5-14)15-6-9-19(26-12-15)22(29)25-11-10-24-2/h4-9,12-13,24,28H,3,10-11H2,1-2H3,(H2,23,27)(H,25,29). The van der Waals surface area contributed by atoms with Gasteiger partial charge in [0.25, 0.3) is 5.91 Å². The van der Waals surface area contributed by atoms with Crippen LogP contribution in [0.2, 0.25) is 0 Å². The maximum Gasteiger partial charge on any atom is 0.269 e. The number of anilines is 1. The maximum absolute atomic E-state index is 12.2. The van der Waals surface area contributed by atoms with Gasteiger partial charge in [0.15, 0.2) is 0 Å². The highest BCUT2D eigenvalue weighted by Gasteiger charge is 2.16. The summed E-state index contributed by atoms with van der Waals surface area (Å²) in [6.07, 6.45) is 4.16. The third-order valence-corrected chi connectivity index (χ3v) is 4.69. The molecule has 2 aromatic heterocycles. The Morgan fingerprint density at radius 2 is 1.76 bits per heavy atom. The van der Waals surface area contributed by atoms with E-state index in [2.05, 4.69) is 27.5 Å². The van der Waals surface area contributed by atoms with Crippen LogP contribution in [0.25, 0.3) is 22.3 Å². The van der Waals surface area contributed by atoms with Crippen molar-refractivity contribution in [1.82, 2.24) is 20.6 Å². The van der Waals surface area contributed by atoms with Crippen molar-refractivity contribution in [2.75, 3.05) is 25.9 Å². The molecule has 0 fully saturated rings. The second-order valence-corrected chi connectivity index (χ2v) is 6.60. The molecular formula is C22H25N5O2. The molecule has 3 rings (SSSR count). The zero-order chi connectivity index (χ0) is 20.8. The molecule has 2 heterocycles. The van der Waals surface area contributed by atoms with Crippen molar-refractivity contribution in [3.05, 3.63) is 60.0 Å². The van der Waals surface area contributed by atoms with Crippen molar-refractivity contribution in [2.24, 2.45) is 0 Å². The van der Waals surface area contributed by atoms with E-state index in [1.54, 1.807) is 30.6 Å². The number of phenolic OH excluding ortho intramolecular Hbond substituents is 1. The lowest BCUT2D eigenvalue weighted by Crippen LogP contribution is -2.30. The van der Waals surface area contributed by atoms with Gasteiger partial charge < -0.3 is 21.5 Å². The SMILES string of the molecule is CCc1c(-c2ccc(C(=O)NCCNC)nc2)cnc(N)c1-c1ccc(O)cc1. The molecule has 0 aliphatic carbocycles. The van der Waals surface area contributed by atoms with Crippen LogP contribution in [0, 0.1) is 0 Å². The zero-order valence-corrected chi connectivity index (χ0v) is 16.6. The number of rotatable bonds is 7. The van der Waals surface area contributed by atoms with E-state index in [-0.39, 0.29) is 11.7 Å². The minimum Gasteiger partial charge on any atom is -0.508 e. The lowest BCUT2D eigenvalue weighted by atomic mass is 9.92. The Morgan fingerprint density at radius 1 is 1.03 bits per heavy atom. The summed E-state index contributed by atoms with van der Waals surface area (Å²) in [4.78, 5) is 20.8. The van der Waals surface area contributed by atoms with Gasteiger partial charge in [-0.25, -0.2) is 4.98 Å². The quantitative estimate of drug-likeness (QED) is 0.461. The number of nitrogens with zero attached hydrogens (tertiary/aromatic N) is 2. The average Bonchev–Trinajstić information content (AvgIpc) is 2.74. The van der Waals surface area contributed by atoms with Crippen molar-refractivity contribution >= 4 is 11.7 Å². The summed E-state index contributed by atoms with van der Waals surface area (Å²) < 4.78 is 0. The van der Waals surface area contributed by atoms with Gasteiger partial charge in [-0.3, -0.25) is 9.78 Å². The predicted octanol–water partition coefficient (Wildman–Crippen LogP) is 2.61. The molecular weight excluding hydrogens is 366 g/mol. The van der Waals surface area contributed by atoms with Gasteiger partial charge in [-0.15, -0.1) is 0 Å². The van der Waals surface area contributed by atoms with Crippen LogP contribution in [0.1, 0.15) is 23.0 Å². The normalized spacial score (nSPS) is 10.7. The van der Waals surface area contributed by atoms with Crippen molar-refractivity contribution in [2.45, 2.75) is 13.3 Å². The van der Waals surface area contributed by atoms with Gasteiger partial charge in [-0.2, -0.15) is 0 Å². The van der Waals surface area contributed by atoms with E-state index in [4.69, 9.17) is 5.73 Å². The number of nitrogens with two attached hydrogens (primary N) is 1. The minimum atomic E-state index is -0.206. The minimum absolute atomic E-state index is 0.197. The zero-order valence-electron chi connectivity index (χ0n) is 16.6. The summed E-state index contributed by atoms with van der Waals surface area (Å²) in [6, 6.07) is 10.5. The van der Waals surface area contributed by atoms with E-state index >= 15 is 0 Å². The number of nitrogens with one attached hydrogen (secondary N) is 2. The van der Waals surface area contributed by atoms with E-state index in [0.717, 1.165) is 34.2 Å². The molecule has 29 heavy (non-hydrogen) atoms. The monoisotopic (exact) mass is 391 g/mol. The average molecular weight is 391 g/mol. The number of pyridine rings is 2. The first-order valence-corrected chi connectivity index (χ1v) is 9.51. The molecule has 1 amide bonds. The number of amides is 1. The molecule has 0 aliphatic heterocycles. The molecule has 0 radical (unpaired) electrons. The van der Waals surface area contributed by atoms with Crippen molar-refractivity contribution in [3.8, 4) is 28.0 Å². The molecule has 0 atom stereocenters. The highest BCUT2D eigenvalue weighted by Crippen LogP contribution is 2.36. The molecule has 7 heteroatoms. The third kappa shape index (κ3) is 4.52. The fourth-order valence-electron chi connectivity index (χ4n) is 3.21. The van der Waals surface area contributed by atoms with Crippen LogP contribution >= 0.6 is 0 Å². The van der Waals surface area contributed by atoms with Crippen LogP contribution in [0.5, 0.6) is 5.75 Å². The van der Waals surface area contributed by atoms with E-state index in [1.807, 2.05) is 25.2 Å². The Hall–Kier alpha value is -3.45. The smallest absolute Gasteiger partial charge is 0.269 e. The Bertz CT molecular complexity index is 985. The molecule has 1 aromatic carbocycles. The highest BCUT2D eigenvalue weighted by molar-refractivity contribution is 5.92. The number of nitrogen functional groups attached to an aromatic ring is 1. The van der Waals surface area contributed by atoms with Gasteiger partial charge in [-0.05, 0) is 42.8 Å². The van der Waals surface area contributed by atoms with E-state index < -0.39 is 0 Å². The second-order valence-electron chi connectivity index (χ2n) is 6.60. The lowest BCUT2D eigenvalue weighted by Gasteiger charge is -2.16. The summed E-state index contributed by atoms with van der Waals surface area (Å²) in [5, 5.41) is 15.4. The largest absolute Gasteiger partial charge is 0.508 e. The maximum atomic E-state index is 12.2. The Kier molecular flexibility index (Phi) is 6.41. The first-order chi connectivity index (χ1) is 14.0. The summed E-state index contributed by atoms with van der Waals surface area (Å²) in [5.41, 5.74) is 11.1. The molecule has 0 saturated heterocycles. The predicted molar refractivity (Wildman–Crippen MR) is 115 cm³/mol. The molecule has 0 saturated carbocycles. The summed E-state index contributed by atoms with van der Waals surface area (Å²) >= 11 is 0. The number of benzene rings is 1.